The maximum Gasteiger partial charge on any atom is 0.214 e. The summed E-state index contributed by atoms with van der Waals surface area (Å²) in [6.45, 7) is 0.402. The van der Waals surface area contributed by atoms with Crippen LogP contribution in [0.15, 0.2) is 47.0 Å². The number of aromatic nitrogens is 1. The van der Waals surface area contributed by atoms with Gasteiger partial charge in [-0.05, 0) is 12.1 Å². The summed E-state index contributed by atoms with van der Waals surface area (Å²) in [7, 11) is 4.72. The second-order valence-corrected chi connectivity index (χ2v) is 5.83. The zero-order chi connectivity index (χ0) is 18.5. The van der Waals surface area contributed by atoms with E-state index in [1.54, 1.807) is 27.5 Å². The van der Waals surface area contributed by atoms with Crippen LogP contribution >= 0.6 is 11.6 Å². The molecule has 3 aromatic rings. The lowest BCUT2D eigenvalue weighted by Crippen LogP contribution is -2.02. The van der Waals surface area contributed by atoms with Crippen LogP contribution in [0.25, 0.3) is 11.3 Å². The number of hydrogen-bond acceptors (Lipinski definition) is 6. The lowest BCUT2D eigenvalue weighted by Gasteiger charge is -2.14. The summed E-state index contributed by atoms with van der Waals surface area (Å²) < 4.78 is 21.8. The fraction of sp³-hybridized carbons (Fsp3) is 0.211. The van der Waals surface area contributed by atoms with Crippen molar-refractivity contribution >= 4 is 17.3 Å². The van der Waals surface area contributed by atoms with E-state index in [1.807, 2.05) is 36.4 Å². The summed E-state index contributed by atoms with van der Waals surface area (Å²) in [5.41, 5.74) is 1.67. The number of rotatable bonds is 7. The van der Waals surface area contributed by atoms with Gasteiger partial charge >= 0.3 is 0 Å². The van der Waals surface area contributed by atoms with E-state index in [0.29, 0.717) is 40.5 Å². The summed E-state index contributed by atoms with van der Waals surface area (Å²) in [6.07, 6.45) is 1.68. The minimum absolute atomic E-state index is 0.402. The van der Waals surface area contributed by atoms with E-state index in [9.17, 15) is 0 Å². The van der Waals surface area contributed by atoms with Crippen LogP contribution in [0.1, 0.15) is 5.89 Å². The van der Waals surface area contributed by atoms with Crippen LogP contribution < -0.4 is 19.5 Å². The monoisotopic (exact) mass is 374 g/mol. The fourth-order valence-corrected chi connectivity index (χ4v) is 2.72. The molecular formula is C19H19ClN2O4. The van der Waals surface area contributed by atoms with Crippen molar-refractivity contribution in [3.8, 4) is 28.6 Å². The van der Waals surface area contributed by atoms with Gasteiger partial charge in [-0.2, -0.15) is 0 Å². The number of nitrogens with zero attached hydrogens (tertiary/aromatic N) is 1. The number of hydrogen-bond donors (Lipinski definition) is 1. The quantitative estimate of drug-likeness (QED) is 0.650. The number of benzene rings is 2. The third-order valence-corrected chi connectivity index (χ3v) is 4.01. The van der Waals surface area contributed by atoms with Crippen molar-refractivity contribution in [1.29, 1.82) is 0 Å². The van der Waals surface area contributed by atoms with Crippen LogP contribution in [0.5, 0.6) is 17.2 Å². The van der Waals surface area contributed by atoms with Crippen LogP contribution in [0.2, 0.25) is 5.02 Å². The Hall–Kier alpha value is -2.86. The summed E-state index contributed by atoms with van der Waals surface area (Å²) in [5, 5.41) is 3.89. The van der Waals surface area contributed by atoms with E-state index < -0.39 is 0 Å². The molecule has 0 spiro atoms. The standard InChI is InChI=1S/C19H19ClN2O4/c1-23-15-8-14(9-16(24-2)19(15)25-3)21-11-18-22-10-17(26-18)12-5-4-6-13(20)7-12/h4-10,21H,11H2,1-3H3. The van der Waals surface area contributed by atoms with Crippen molar-refractivity contribution in [1.82, 2.24) is 4.98 Å². The van der Waals surface area contributed by atoms with Crippen molar-refractivity contribution in [3.63, 3.8) is 0 Å². The van der Waals surface area contributed by atoms with Crippen LogP contribution in [-0.4, -0.2) is 26.3 Å². The average molecular weight is 375 g/mol. The largest absolute Gasteiger partial charge is 0.493 e. The first kappa shape index (κ1) is 17.9. The Morgan fingerprint density at radius 1 is 1.04 bits per heavy atom. The molecular weight excluding hydrogens is 356 g/mol. The Kier molecular flexibility index (Phi) is 5.53. The van der Waals surface area contributed by atoms with Gasteiger partial charge in [0.15, 0.2) is 17.3 Å². The van der Waals surface area contributed by atoms with Gasteiger partial charge in [-0.15, -0.1) is 0 Å². The summed E-state index contributed by atoms with van der Waals surface area (Å²) in [5.74, 6) is 2.89. The first-order valence-corrected chi connectivity index (χ1v) is 8.27. The molecule has 6 nitrogen and oxygen atoms in total. The second-order valence-electron chi connectivity index (χ2n) is 5.40. The van der Waals surface area contributed by atoms with Gasteiger partial charge < -0.3 is 23.9 Å². The van der Waals surface area contributed by atoms with Crippen molar-refractivity contribution < 1.29 is 18.6 Å². The highest BCUT2D eigenvalue weighted by molar-refractivity contribution is 6.30. The number of nitrogens with one attached hydrogen (secondary N) is 1. The number of oxazole rings is 1. The lowest BCUT2D eigenvalue weighted by atomic mass is 10.2. The molecule has 0 fully saturated rings. The molecule has 0 amide bonds. The van der Waals surface area contributed by atoms with Crippen LogP contribution in [-0.2, 0) is 6.54 Å². The molecule has 1 heterocycles. The van der Waals surface area contributed by atoms with Gasteiger partial charge in [0, 0.05) is 28.4 Å². The van der Waals surface area contributed by atoms with Crippen molar-refractivity contribution in [2.24, 2.45) is 0 Å². The summed E-state index contributed by atoms with van der Waals surface area (Å²) in [6, 6.07) is 11.1. The molecule has 0 bridgehead atoms. The second kappa shape index (κ2) is 8.01. The molecule has 1 N–H and O–H groups in total. The molecule has 0 atom stereocenters. The van der Waals surface area contributed by atoms with E-state index in [0.717, 1.165) is 11.3 Å². The summed E-state index contributed by atoms with van der Waals surface area (Å²) in [4.78, 5) is 4.30. The highest BCUT2D eigenvalue weighted by Crippen LogP contribution is 2.40. The minimum atomic E-state index is 0.402. The van der Waals surface area contributed by atoms with Crippen molar-refractivity contribution in [2.75, 3.05) is 26.6 Å². The van der Waals surface area contributed by atoms with Crippen molar-refractivity contribution in [3.05, 3.63) is 53.5 Å². The zero-order valence-corrected chi connectivity index (χ0v) is 15.5. The van der Waals surface area contributed by atoms with E-state index in [2.05, 4.69) is 10.3 Å². The normalized spacial score (nSPS) is 10.5. The van der Waals surface area contributed by atoms with Gasteiger partial charge in [0.25, 0.3) is 0 Å². The molecule has 2 aromatic carbocycles. The van der Waals surface area contributed by atoms with E-state index in [1.165, 1.54) is 0 Å². The molecule has 0 radical (unpaired) electrons. The molecule has 3 rings (SSSR count). The SMILES string of the molecule is COc1cc(NCc2ncc(-c3cccc(Cl)c3)o2)cc(OC)c1OC. The molecule has 0 aliphatic rings. The first-order valence-electron chi connectivity index (χ1n) is 7.89. The molecule has 0 saturated carbocycles. The molecule has 26 heavy (non-hydrogen) atoms. The molecule has 0 unspecified atom stereocenters. The summed E-state index contributed by atoms with van der Waals surface area (Å²) >= 11 is 6.02. The number of anilines is 1. The average Bonchev–Trinajstić information content (AvgIpc) is 3.14. The van der Waals surface area contributed by atoms with E-state index in [-0.39, 0.29) is 0 Å². The van der Waals surface area contributed by atoms with Crippen molar-refractivity contribution in [2.45, 2.75) is 6.54 Å². The van der Waals surface area contributed by atoms with Gasteiger partial charge in [0.1, 0.15) is 0 Å². The lowest BCUT2D eigenvalue weighted by molar-refractivity contribution is 0.324. The fourth-order valence-electron chi connectivity index (χ4n) is 2.53. The van der Waals surface area contributed by atoms with E-state index >= 15 is 0 Å². The highest BCUT2D eigenvalue weighted by Gasteiger charge is 2.14. The number of methoxy groups -OCH3 is 3. The number of ether oxygens (including phenoxy) is 3. The Morgan fingerprint density at radius 2 is 1.77 bits per heavy atom. The molecule has 0 aliphatic heterocycles. The Balaban J connectivity index is 1.75. The number of halogens is 1. The Morgan fingerprint density at radius 3 is 2.38 bits per heavy atom. The third-order valence-electron chi connectivity index (χ3n) is 3.77. The molecule has 0 saturated heterocycles. The van der Waals surface area contributed by atoms with Gasteiger partial charge in [0.2, 0.25) is 11.6 Å². The predicted molar refractivity (Wildman–Crippen MR) is 100 cm³/mol. The molecule has 1 aromatic heterocycles. The van der Waals surface area contributed by atoms with Crippen LogP contribution in [0.3, 0.4) is 0 Å². The zero-order valence-electron chi connectivity index (χ0n) is 14.7. The van der Waals surface area contributed by atoms with Crippen LogP contribution in [0, 0.1) is 0 Å². The van der Waals surface area contributed by atoms with Gasteiger partial charge in [-0.1, -0.05) is 23.7 Å². The van der Waals surface area contributed by atoms with Gasteiger partial charge in [-0.3, -0.25) is 0 Å². The molecule has 0 aliphatic carbocycles. The van der Waals surface area contributed by atoms with Crippen LogP contribution in [0.4, 0.5) is 5.69 Å². The Bertz CT molecular complexity index is 870. The highest BCUT2D eigenvalue weighted by atomic mass is 35.5. The maximum absolute atomic E-state index is 6.02. The van der Waals surface area contributed by atoms with E-state index in [4.69, 9.17) is 30.2 Å². The van der Waals surface area contributed by atoms with Gasteiger partial charge in [-0.25, -0.2) is 4.98 Å². The maximum atomic E-state index is 6.02. The topological polar surface area (TPSA) is 65.8 Å². The minimum Gasteiger partial charge on any atom is -0.493 e. The predicted octanol–water partition coefficient (Wildman–Crippen LogP) is 4.63. The first-order chi connectivity index (χ1) is 12.6. The third kappa shape index (κ3) is 3.86. The van der Waals surface area contributed by atoms with Gasteiger partial charge in [0.05, 0.1) is 34.1 Å². The molecule has 136 valence electrons. The smallest absolute Gasteiger partial charge is 0.214 e. The Labute approximate surface area is 156 Å². The molecule has 7 heteroatoms.